The second-order valence-electron chi connectivity index (χ2n) is 4.92. The summed E-state index contributed by atoms with van der Waals surface area (Å²) < 4.78 is 7.05. The molecule has 0 saturated heterocycles. The van der Waals surface area contributed by atoms with Gasteiger partial charge in [-0.1, -0.05) is 45.8 Å². The van der Waals surface area contributed by atoms with E-state index in [1.54, 1.807) is 0 Å². The summed E-state index contributed by atoms with van der Waals surface area (Å²) in [7, 11) is 0. The van der Waals surface area contributed by atoms with Gasteiger partial charge in [-0.2, -0.15) is 0 Å². The minimum Gasteiger partial charge on any atom is -0.485 e. The van der Waals surface area contributed by atoms with Crippen LogP contribution in [0.25, 0.3) is 0 Å². The number of hydrogen-bond acceptors (Lipinski definition) is 2. The lowest BCUT2D eigenvalue weighted by Crippen LogP contribution is -2.19. The van der Waals surface area contributed by atoms with E-state index in [4.69, 9.17) is 4.74 Å². The summed E-state index contributed by atoms with van der Waals surface area (Å²) in [6.45, 7) is 2.02. The predicted octanol–water partition coefficient (Wildman–Crippen LogP) is 4.31. The zero-order chi connectivity index (χ0) is 13.4. The second kappa shape index (κ2) is 4.99. The summed E-state index contributed by atoms with van der Waals surface area (Å²) in [6.07, 6.45) is 0.000497. The van der Waals surface area contributed by atoms with Crippen LogP contribution in [-0.4, -0.2) is 5.11 Å². The van der Waals surface area contributed by atoms with Crippen LogP contribution in [-0.2, 0) is 0 Å². The van der Waals surface area contributed by atoms with Crippen molar-refractivity contribution in [2.24, 2.45) is 0 Å². The van der Waals surface area contributed by atoms with Crippen molar-refractivity contribution in [1.82, 2.24) is 0 Å². The number of aliphatic hydroxyl groups is 1. The van der Waals surface area contributed by atoms with E-state index in [9.17, 15) is 5.11 Å². The van der Waals surface area contributed by atoms with Crippen LogP contribution >= 0.6 is 15.9 Å². The standard InChI is InChI=1S/C16H15BrO2/c1-10-6-7-15-12(8-10)14(18)9-16(19-15)11-4-2-3-5-13(11)17/h2-8,14,16,18H,9H2,1H3. The number of aliphatic hydroxyl groups excluding tert-OH is 1. The van der Waals surface area contributed by atoms with Gasteiger partial charge in [-0.05, 0) is 25.1 Å². The largest absolute Gasteiger partial charge is 0.485 e. The zero-order valence-electron chi connectivity index (χ0n) is 10.6. The van der Waals surface area contributed by atoms with Crippen molar-refractivity contribution in [3.8, 4) is 5.75 Å². The average Bonchev–Trinajstić information content (AvgIpc) is 2.40. The van der Waals surface area contributed by atoms with E-state index in [1.165, 1.54) is 0 Å². The van der Waals surface area contributed by atoms with Gasteiger partial charge in [-0.15, -0.1) is 0 Å². The summed E-state index contributed by atoms with van der Waals surface area (Å²) in [5, 5.41) is 10.3. The molecule has 1 N–H and O–H groups in total. The molecule has 0 amide bonds. The monoisotopic (exact) mass is 318 g/mol. The highest BCUT2D eigenvalue weighted by atomic mass is 79.9. The van der Waals surface area contributed by atoms with Crippen LogP contribution in [0.5, 0.6) is 5.75 Å². The van der Waals surface area contributed by atoms with E-state index in [0.29, 0.717) is 6.42 Å². The Morgan fingerprint density at radius 1 is 1.16 bits per heavy atom. The maximum Gasteiger partial charge on any atom is 0.128 e. The number of ether oxygens (including phenoxy) is 1. The molecule has 0 fully saturated rings. The molecule has 98 valence electrons. The van der Waals surface area contributed by atoms with E-state index >= 15 is 0 Å². The number of aryl methyl sites for hydroxylation is 1. The zero-order valence-corrected chi connectivity index (χ0v) is 12.2. The van der Waals surface area contributed by atoms with Crippen molar-refractivity contribution in [3.63, 3.8) is 0 Å². The molecule has 19 heavy (non-hydrogen) atoms. The molecule has 2 atom stereocenters. The molecule has 0 aromatic heterocycles. The van der Waals surface area contributed by atoms with E-state index in [1.807, 2.05) is 49.4 Å². The van der Waals surface area contributed by atoms with Crippen LogP contribution in [0.1, 0.15) is 35.3 Å². The molecule has 1 aliphatic heterocycles. The molecule has 2 nitrogen and oxygen atoms in total. The van der Waals surface area contributed by atoms with Crippen molar-refractivity contribution < 1.29 is 9.84 Å². The molecule has 0 spiro atoms. The number of rotatable bonds is 1. The highest BCUT2D eigenvalue weighted by Gasteiger charge is 2.28. The minimum atomic E-state index is -0.472. The quantitative estimate of drug-likeness (QED) is 0.848. The smallest absolute Gasteiger partial charge is 0.128 e. The molecule has 1 aliphatic rings. The molecule has 3 heteroatoms. The highest BCUT2D eigenvalue weighted by molar-refractivity contribution is 9.10. The lowest BCUT2D eigenvalue weighted by atomic mass is 9.94. The maximum atomic E-state index is 10.3. The number of hydrogen-bond donors (Lipinski definition) is 1. The summed E-state index contributed by atoms with van der Waals surface area (Å²) in [4.78, 5) is 0. The Morgan fingerprint density at radius 2 is 1.95 bits per heavy atom. The molecule has 0 aliphatic carbocycles. The first-order valence-electron chi connectivity index (χ1n) is 6.35. The minimum absolute atomic E-state index is 0.110. The van der Waals surface area contributed by atoms with Crippen LogP contribution in [0.15, 0.2) is 46.9 Å². The summed E-state index contributed by atoms with van der Waals surface area (Å²) in [5.74, 6) is 0.783. The van der Waals surface area contributed by atoms with Gasteiger partial charge in [-0.25, -0.2) is 0 Å². The predicted molar refractivity (Wildman–Crippen MR) is 78.3 cm³/mol. The lowest BCUT2D eigenvalue weighted by Gasteiger charge is -2.30. The van der Waals surface area contributed by atoms with Gasteiger partial charge in [0, 0.05) is 22.0 Å². The number of halogens is 1. The van der Waals surface area contributed by atoms with Gasteiger partial charge in [0.1, 0.15) is 11.9 Å². The van der Waals surface area contributed by atoms with Crippen molar-refractivity contribution in [1.29, 1.82) is 0 Å². The van der Waals surface area contributed by atoms with E-state index in [0.717, 1.165) is 26.9 Å². The Morgan fingerprint density at radius 3 is 2.74 bits per heavy atom. The van der Waals surface area contributed by atoms with Gasteiger partial charge in [0.05, 0.1) is 6.10 Å². The number of benzene rings is 2. The molecule has 2 aromatic carbocycles. The van der Waals surface area contributed by atoms with Gasteiger partial charge in [-0.3, -0.25) is 0 Å². The molecule has 2 unspecified atom stereocenters. The SMILES string of the molecule is Cc1ccc2c(c1)C(O)CC(c1ccccc1Br)O2. The first kappa shape index (κ1) is 12.7. The Bertz CT molecular complexity index is 609. The van der Waals surface area contributed by atoms with E-state index < -0.39 is 6.10 Å². The molecule has 3 rings (SSSR count). The van der Waals surface area contributed by atoms with Crippen LogP contribution in [0.4, 0.5) is 0 Å². The summed E-state index contributed by atoms with van der Waals surface area (Å²) >= 11 is 3.54. The van der Waals surface area contributed by atoms with Crippen molar-refractivity contribution in [2.75, 3.05) is 0 Å². The fourth-order valence-corrected chi connectivity index (χ4v) is 3.03. The van der Waals surface area contributed by atoms with Gasteiger partial charge < -0.3 is 9.84 Å². The van der Waals surface area contributed by atoms with Crippen LogP contribution < -0.4 is 4.74 Å². The Kier molecular flexibility index (Phi) is 3.33. The molecule has 0 radical (unpaired) electrons. The third kappa shape index (κ3) is 2.40. The molecular formula is C16H15BrO2. The molecule has 1 heterocycles. The third-order valence-electron chi connectivity index (χ3n) is 3.48. The Labute approximate surface area is 121 Å². The highest BCUT2D eigenvalue weighted by Crippen LogP contribution is 2.42. The summed E-state index contributed by atoms with van der Waals surface area (Å²) in [6, 6.07) is 13.9. The molecule has 0 saturated carbocycles. The second-order valence-corrected chi connectivity index (χ2v) is 5.78. The fraction of sp³-hybridized carbons (Fsp3) is 0.250. The average molecular weight is 319 g/mol. The normalized spacial score (nSPS) is 21.6. The Balaban J connectivity index is 1.97. The van der Waals surface area contributed by atoms with Crippen LogP contribution in [0, 0.1) is 6.92 Å². The van der Waals surface area contributed by atoms with Gasteiger partial charge in [0.15, 0.2) is 0 Å². The van der Waals surface area contributed by atoms with Crippen molar-refractivity contribution in [2.45, 2.75) is 25.6 Å². The van der Waals surface area contributed by atoms with Crippen molar-refractivity contribution in [3.05, 3.63) is 63.6 Å². The van der Waals surface area contributed by atoms with Gasteiger partial charge in [0.2, 0.25) is 0 Å². The molecule has 2 aromatic rings. The first-order chi connectivity index (χ1) is 9.15. The van der Waals surface area contributed by atoms with Gasteiger partial charge >= 0.3 is 0 Å². The maximum absolute atomic E-state index is 10.3. The van der Waals surface area contributed by atoms with Crippen LogP contribution in [0.3, 0.4) is 0 Å². The topological polar surface area (TPSA) is 29.5 Å². The van der Waals surface area contributed by atoms with Crippen LogP contribution in [0.2, 0.25) is 0 Å². The molecular weight excluding hydrogens is 304 g/mol. The molecule has 0 bridgehead atoms. The third-order valence-corrected chi connectivity index (χ3v) is 4.21. The first-order valence-corrected chi connectivity index (χ1v) is 7.14. The van der Waals surface area contributed by atoms with Gasteiger partial charge in [0.25, 0.3) is 0 Å². The van der Waals surface area contributed by atoms with E-state index in [2.05, 4.69) is 15.9 Å². The van der Waals surface area contributed by atoms with E-state index in [-0.39, 0.29) is 6.10 Å². The number of fused-ring (bicyclic) bond motifs is 1. The van der Waals surface area contributed by atoms with Crippen molar-refractivity contribution >= 4 is 15.9 Å². The summed E-state index contributed by atoms with van der Waals surface area (Å²) in [5.41, 5.74) is 3.11. The Hall–Kier alpha value is -1.32. The lowest BCUT2D eigenvalue weighted by molar-refractivity contribution is 0.0653. The fourth-order valence-electron chi connectivity index (χ4n) is 2.49.